The zero-order valence-corrected chi connectivity index (χ0v) is 17.9. The van der Waals surface area contributed by atoms with Crippen molar-refractivity contribution in [3.63, 3.8) is 0 Å². The number of ether oxygens (including phenoxy) is 2. The van der Waals surface area contributed by atoms with E-state index in [2.05, 4.69) is 14.7 Å². The Labute approximate surface area is 194 Å². The summed E-state index contributed by atoms with van der Waals surface area (Å²) in [5.74, 6) is -1.31. The van der Waals surface area contributed by atoms with Gasteiger partial charge in [-0.3, -0.25) is 9.20 Å². The maximum atomic E-state index is 15.1. The van der Waals surface area contributed by atoms with Crippen molar-refractivity contribution in [2.45, 2.75) is 31.3 Å². The number of hydrogen-bond donors (Lipinski definition) is 1. The zero-order valence-electron chi connectivity index (χ0n) is 17.9. The number of nitrogens with two attached hydrogens (primary N) is 1. The first-order valence-corrected chi connectivity index (χ1v) is 10.8. The third-order valence-electron chi connectivity index (χ3n) is 6.38. The topological polar surface area (TPSA) is 95.0 Å². The summed E-state index contributed by atoms with van der Waals surface area (Å²) in [4.78, 5) is 23.4. The number of nitrogen functional groups attached to an aromatic ring is 1. The van der Waals surface area contributed by atoms with Gasteiger partial charge in [0, 0.05) is 37.1 Å². The van der Waals surface area contributed by atoms with Gasteiger partial charge in [0.05, 0.1) is 35.2 Å². The van der Waals surface area contributed by atoms with Crippen molar-refractivity contribution >= 4 is 28.3 Å². The lowest BCUT2D eigenvalue weighted by Crippen LogP contribution is -2.46. The lowest BCUT2D eigenvalue weighted by atomic mass is 9.89. The molecular formula is C23H17F4N5O3. The highest BCUT2D eigenvalue weighted by atomic mass is 19.4. The molecule has 0 spiro atoms. The highest BCUT2D eigenvalue weighted by Crippen LogP contribution is 2.45. The van der Waals surface area contributed by atoms with Gasteiger partial charge in [-0.15, -0.1) is 13.2 Å². The number of piperidine rings is 1. The average Bonchev–Trinajstić information content (AvgIpc) is 3.28. The van der Waals surface area contributed by atoms with E-state index in [1.165, 1.54) is 41.7 Å². The second-order valence-electron chi connectivity index (χ2n) is 8.49. The molecule has 180 valence electrons. The normalized spacial score (nSPS) is 19.5. The van der Waals surface area contributed by atoms with Gasteiger partial charge in [-0.2, -0.15) is 0 Å². The van der Waals surface area contributed by atoms with Crippen LogP contribution >= 0.6 is 0 Å². The van der Waals surface area contributed by atoms with Crippen LogP contribution < -0.4 is 15.2 Å². The van der Waals surface area contributed by atoms with Gasteiger partial charge in [0.1, 0.15) is 34.8 Å². The van der Waals surface area contributed by atoms with Crippen molar-refractivity contribution < 1.29 is 31.8 Å². The van der Waals surface area contributed by atoms with Gasteiger partial charge >= 0.3 is 6.36 Å². The first-order chi connectivity index (χ1) is 16.7. The Bertz CT molecular complexity index is 1500. The predicted octanol–water partition coefficient (Wildman–Crippen LogP) is 4.24. The highest BCUT2D eigenvalue weighted by Gasteiger charge is 2.40. The minimum absolute atomic E-state index is 0.150. The van der Waals surface area contributed by atoms with Crippen molar-refractivity contribution in [3.8, 4) is 11.5 Å². The molecule has 2 aliphatic heterocycles. The molecule has 2 bridgehead atoms. The van der Waals surface area contributed by atoms with Gasteiger partial charge in [0.2, 0.25) is 0 Å². The van der Waals surface area contributed by atoms with Crippen LogP contribution in [-0.2, 0) is 0 Å². The molecule has 0 radical (unpaired) electrons. The molecule has 12 heteroatoms. The number of anilines is 1. The summed E-state index contributed by atoms with van der Waals surface area (Å²) in [5, 5.41) is 0. The van der Waals surface area contributed by atoms with Crippen LogP contribution in [0.1, 0.15) is 34.8 Å². The number of nitrogens with zero attached hydrogens (tertiary/aromatic N) is 4. The number of fused-ring (bicyclic) bond motifs is 7. The first-order valence-electron chi connectivity index (χ1n) is 10.8. The standard InChI is InChI=1S/C23H17F4N5O3/c24-15-8-16-18(32-10-29-9-19(32)21(28)30-16)7-14(15)22(33)31-4-3-11-5-17(31)13-2-1-12(6-20(13)34-11)35-23(25,26)27/h1-2,6-11,17H,3-5H2,(H2,28,30)/t11-,17+/m0/s1. The summed E-state index contributed by atoms with van der Waals surface area (Å²) >= 11 is 0. The number of alkyl halides is 3. The summed E-state index contributed by atoms with van der Waals surface area (Å²) in [7, 11) is 0. The third kappa shape index (κ3) is 3.56. The number of aromatic nitrogens is 3. The minimum atomic E-state index is -4.84. The summed E-state index contributed by atoms with van der Waals surface area (Å²) in [5.41, 5.74) is 7.58. The molecule has 1 fully saturated rings. The van der Waals surface area contributed by atoms with Crippen LogP contribution in [0.3, 0.4) is 0 Å². The van der Waals surface area contributed by atoms with E-state index in [4.69, 9.17) is 10.5 Å². The van der Waals surface area contributed by atoms with Crippen LogP contribution in [-0.4, -0.2) is 44.2 Å². The summed E-state index contributed by atoms with van der Waals surface area (Å²) in [6.45, 7) is 0.298. The second kappa shape index (κ2) is 7.45. The molecule has 0 unspecified atom stereocenters. The molecule has 2 N–H and O–H groups in total. The number of rotatable bonds is 2. The molecule has 4 heterocycles. The van der Waals surface area contributed by atoms with Gasteiger partial charge in [-0.05, 0) is 18.2 Å². The van der Waals surface area contributed by atoms with E-state index in [0.717, 1.165) is 6.07 Å². The maximum Gasteiger partial charge on any atom is 0.573 e. The molecule has 1 saturated heterocycles. The van der Waals surface area contributed by atoms with E-state index in [1.54, 1.807) is 4.40 Å². The average molecular weight is 487 g/mol. The Balaban J connectivity index is 1.39. The lowest BCUT2D eigenvalue weighted by Gasteiger charge is -2.44. The lowest BCUT2D eigenvalue weighted by molar-refractivity contribution is -0.274. The van der Waals surface area contributed by atoms with Crippen molar-refractivity contribution in [1.82, 2.24) is 19.3 Å². The van der Waals surface area contributed by atoms with E-state index < -0.39 is 29.9 Å². The molecule has 4 aromatic rings. The molecule has 2 atom stereocenters. The quantitative estimate of drug-likeness (QED) is 0.425. The van der Waals surface area contributed by atoms with Gasteiger partial charge < -0.3 is 20.1 Å². The Morgan fingerprint density at radius 3 is 2.83 bits per heavy atom. The number of likely N-dealkylation sites (tertiary alicyclic amines) is 1. The fourth-order valence-corrected chi connectivity index (χ4v) is 4.86. The van der Waals surface area contributed by atoms with Crippen LogP contribution in [0.25, 0.3) is 16.6 Å². The molecule has 35 heavy (non-hydrogen) atoms. The highest BCUT2D eigenvalue weighted by molar-refractivity contribution is 5.99. The zero-order chi connectivity index (χ0) is 24.5. The Morgan fingerprint density at radius 1 is 1.20 bits per heavy atom. The summed E-state index contributed by atoms with van der Waals surface area (Å²) < 4.78 is 64.5. The Kier molecular flexibility index (Phi) is 4.57. The number of halogens is 4. The van der Waals surface area contributed by atoms with Crippen molar-refractivity contribution in [2.24, 2.45) is 0 Å². The Hall–Kier alpha value is -4.09. The monoisotopic (exact) mass is 487 g/mol. The molecule has 0 aliphatic carbocycles. The molecule has 8 nitrogen and oxygen atoms in total. The number of carbonyl (C=O) groups is 1. The largest absolute Gasteiger partial charge is 0.573 e. The first kappa shape index (κ1) is 21.4. The van der Waals surface area contributed by atoms with Gasteiger partial charge in [-0.1, -0.05) is 0 Å². The van der Waals surface area contributed by atoms with Gasteiger partial charge in [0.25, 0.3) is 5.91 Å². The van der Waals surface area contributed by atoms with Gasteiger partial charge in [-0.25, -0.2) is 14.4 Å². The van der Waals surface area contributed by atoms with Crippen molar-refractivity contribution in [2.75, 3.05) is 12.3 Å². The van der Waals surface area contributed by atoms with Crippen LogP contribution in [0.2, 0.25) is 0 Å². The fraction of sp³-hybridized carbons (Fsp3) is 0.261. The number of carbonyl (C=O) groups excluding carboxylic acids is 1. The van der Waals surface area contributed by atoms with Crippen LogP contribution in [0.4, 0.5) is 23.4 Å². The van der Waals surface area contributed by atoms with E-state index in [-0.39, 0.29) is 28.8 Å². The molecule has 2 aliphatic rings. The van der Waals surface area contributed by atoms with Crippen molar-refractivity contribution in [3.05, 3.63) is 59.8 Å². The second-order valence-corrected chi connectivity index (χ2v) is 8.49. The van der Waals surface area contributed by atoms with E-state index >= 15 is 4.39 Å². The number of benzene rings is 2. The predicted molar refractivity (Wildman–Crippen MR) is 115 cm³/mol. The third-order valence-corrected chi connectivity index (χ3v) is 6.38. The molecule has 1 amide bonds. The van der Waals surface area contributed by atoms with Crippen molar-refractivity contribution in [1.29, 1.82) is 0 Å². The fourth-order valence-electron chi connectivity index (χ4n) is 4.86. The Morgan fingerprint density at radius 2 is 2.03 bits per heavy atom. The molecule has 6 rings (SSSR count). The SMILES string of the molecule is Nc1nc2cc(F)c(C(=O)N3CC[C@H]4C[C@@H]3c3ccc(OC(F)(F)F)cc3O4)cc2n2cncc12. The summed E-state index contributed by atoms with van der Waals surface area (Å²) in [6.07, 6.45) is -1.20. The smallest absolute Gasteiger partial charge is 0.490 e. The number of hydrogen-bond acceptors (Lipinski definition) is 6. The van der Waals surface area contributed by atoms with Gasteiger partial charge in [0.15, 0.2) is 0 Å². The molecule has 0 saturated carbocycles. The van der Waals surface area contributed by atoms with Crippen LogP contribution in [0, 0.1) is 5.82 Å². The van der Waals surface area contributed by atoms with E-state index in [0.29, 0.717) is 36.0 Å². The maximum absolute atomic E-state index is 15.1. The number of imidazole rings is 1. The minimum Gasteiger partial charge on any atom is -0.490 e. The summed E-state index contributed by atoms with van der Waals surface area (Å²) in [6, 6.07) is 5.87. The van der Waals surface area contributed by atoms with Crippen LogP contribution in [0.5, 0.6) is 11.5 Å². The molecular weight excluding hydrogens is 470 g/mol. The molecule has 2 aromatic carbocycles. The van der Waals surface area contributed by atoms with E-state index in [9.17, 15) is 18.0 Å². The van der Waals surface area contributed by atoms with E-state index in [1.807, 2.05) is 0 Å². The number of amides is 1. The van der Waals surface area contributed by atoms with Crippen LogP contribution in [0.15, 0.2) is 42.9 Å². The molecule has 2 aromatic heterocycles.